The molecule has 7 heteroatoms. The number of nitrogens with one attached hydrogen (secondary N) is 1. The van der Waals surface area contributed by atoms with E-state index in [1.54, 1.807) is 42.5 Å². The maximum absolute atomic E-state index is 13.8. The Hall–Kier alpha value is -3.61. The molecule has 1 aliphatic carbocycles. The van der Waals surface area contributed by atoms with Crippen LogP contribution in [0.3, 0.4) is 0 Å². The standard InChI is InChI=1S/C26H19ClN2O4/c27-14-9-10-20(30)18(13-14)22-21-23(15-5-1-2-6-16(15)24(21)31)28-11-12-29-25(32)17-7-3-4-8-19(17)26(22,29)33/h1-10,13,22,28,30,33H,11-12H2/t22-,26-/m0/s1. The number of phenols is 1. The molecule has 0 saturated heterocycles. The van der Waals surface area contributed by atoms with Crippen LogP contribution >= 0.6 is 11.6 Å². The molecule has 33 heavy (non-hydrogen) atoms. The summed E-state index contributed by atoms with van der Waals surface area (Å²) >= 11 is 6.30. The number of hydrogen-bond acceptors (Lipinski definition) is 5. The molecule has 3 aliphatic rings. The first-order valence-corrected chi connectivity index (χ1v) is 11.0. The van der Waals surface area contributed by atoms with Crippen LogP contribution in [-0.4, -0.2) is 39.9 Å². The van der Waals surface area contributed by atoms with Crippen LogP contribution in [0.1, 0.15) is 43.3 Å². The summed E-state index contributed by atoms with van der Waals surface area (Å²) in [4.78, 5) is 28.5. The maximum Gasteiger partial charge on any atom is 0.256 e. The molecule has 2 aliphatic heterocycles. The highest BCUT2D eigenvalue weighted by Crippen LogP contribution is 2.55. The number of hydrogen-bond donors (Lipinski definition) is 3. The van der Waals surface area contributed by atoms with E-state index in [1.165, 1.54) is 17.0 Å². The van der Waals surface area contributed by atoms with Gasteiger partial charge in [0.2, 0.25) is 0 Å². The number of Topliss-reactive ketones (excluding diaryl/α,β-unsaturated/α-hetero) is 1. The lowest BCUT2D eigenvalue weighted by Crippen LogP contribution is -2.52. The first-order valence-electron chi connectivity index (χ1n) is 10.7. The van der Waals surface area contributed by atoms with Crippen LogP contribution in [-0.2, 0) is 5.72 Å². The molecule has 0 unspecified atom stereocenters. The highest BCUT2D eigenvalue weighted by Gasteiger charge is 2.58. The van der Waals surface area contributed by atoms with E-state index in [4.69, 9.17) is 11.6 Å². The van der Waals surface area contributed by atoms with Gasteiger partial charge in [-0.05, 0) is 24.3 Å². The van der Waals surface area contributed by atoms with Gasteiger partial charge in [-0.2, -0.15) is 0 Å². The fraction of sp³-hybridized carbons (Fsp3) is 0.154. The second-order valence-corrected chi connectivity index (χ2v) is 8.89. The zero-order valence-corrected chi connectivity index (χ0v) is 18.1. The van der Waals surface area contributed by atoms with Crippen LogP contribution in [0.25, 0.3) is 5.70 Å². The monoisotopic (exact) mass is 458 g/mol. The lowest BCUT2D eigenvalue weighted by molar-refractivity contribution is -0.0972. The van der Waals surface area contributed by atoms with Crippen molar-refractivity contribution in [3.63, 3.8) is 0 Å². The number of benzene rings is 3. The molecule has 0 fully saturated rings. The zero-order valence-electron chi connectivity index (χ0n) is 17.4. The van der Waals surface area contributed by atoms with Gasteiger partial charge in [0, 0.05) is 51.5 Å². The Balaban J connectivity index is 1.71. The maximum atomic E-state index is 13.8. The van der Waals surface area contributed by atoms with Crippen LogP contribution in [0.5, 0.6) is 5.75 Å². The second-order valence-electron chi connectivity index (χ2n) is 8.45. The SMILES string of the molecule is O=C1C2=C(NCCN3C(=O)c4ccccc4[C@]3(O)[C@H]2c2cc(Cl)ccc2O)c2ccccc21. The molecule has 2 atom stereocenters. The Morgan fingerprint density at radius 3 is 2.45 bits per heavy atom. The lowest BCUT2D eigenvalue weighted by atomic mass is 9.76. The van der Waals surface area contributed by atoms with E-state index in [1.807, 2.05) is 12.1 Å². The Bertz CT molecular complexity index is 1400. The first-order chi connectivity index (χ1) is 15.9. The molecule has 164 valence electrons. The molecule has 0 saturated carbocycles. The third-order valence-corrected chi connectivity index (χ3v) is 7.03. The summed E-state index contributed by atoms with van der Waals surface area (Å²) in [5.74, 6) is -1.78. The minimum Gasteiger partial charge on any atom is -0.508 e. The average molecular weight is 459 g/mol. The van der Waals surface area contributed by atoms with E-state index in [2.05, 4.69) is 5.32 Å². The summed E-state index contributed by atoms with van der Waals surface area (Å²) in [6, 6.07) is 18.6. The quantitative estimate of drug-likeness (QED) is 0.518. The number of ketones is 1. The lowest BCUT2D eigenvalue weighted by Gasteiger charge is -2.43. The average Bonchev–Trinajstić information content (AvgIpc) is 3.20. The number of amides is 1. The van der Waals surface area contributed by atoms with Crippen molar-refractivity contribution in [2.24, 2.45) is 0 Å². The molecule has 2 heterocycles. The van der Waals surface area contributed by atoms with Gasteiger partial charge in [0.05, 0.1) is 11.6 Å². The molecule has 0 radical (unpaired) electrons. The van der Waals surface area contributed by atoms with Gasteiger partial charge < -0.3 is 20.4 Å². The summed E-state index contributed by atoms with van der Waals surface area (Å²) in [6.07, 6.45) is 0. The Morgan fingerprint density at radius 1 is 0.970 bits per heavy atom. The minimum atomic E-state index is -1.89. The van der Waals surface area contributed by atoms with Gasteiger partial charge in [-0.3, -0.25) is 9.59 Å². The highest BCUT2D eigenvalue weighted by atomic mass is 35.5. The Morgan fingerprint density at radius 2 is 1.67 bits per heavy atom. The number of halogens is 1. The third kappa shape index (κ3) is 2.59. The zero-order chi connectivity index (χ0) is 22.9. The van der Waals surface area contributed by atoms with Crippen LogP contribution in [0.15, 0.2) is 72.3 Å². The molecular weight excluding hydrogens is 440 g/mol. The number of carbonyl (C=O) groups is 2. The van der Waals surface area contributed by atoms with Crippen LogP contribution in [0, 0.1) is 0 Å². The Labute approximate surface area is 194 Å². The molecule has 0 aromatic heterocycles. The van der Waals surface area contributed by atoms with E-state index in [0.717, 1.165) is 5.56 Å². The molecule has 3 aromatic carbocycles. The molecule has 1 amide bonds. The number of aromatic hydroxyl groups is 1. The van der Waals surface area contributed by atoms with Gasteiger partial charge >= 0.3 is 0 Å². The van der Waals surface area contributed by atoms with Crippen LogP contribution in [0.4, 0.5) is 0 Å². The van der Waals surface area contributed by atoms with Gasteiger partial charge in [-0.1, -0.05) is 54.1 Å². The predicted octanol–water partition coefficient (Wildman–Crippen LogP) is 3.64. The van der Waals surface area contributed by atoms with Crippen molar-refractivity contribution in [1.29, 1.82) is 0 Å². The number of phenolic OH excluding ortho intramolecular Hbond substituents is 1. The van der Waals surface area contributed by atoms with E-state index in [-0.39, 0.29) is 29.5 Å². The number of aliphatic hydroxyl groups is 1. The summed E-state index contributed by atoms with van der Waals surface area (Å²) in [6.45, 7) is 0.547. The van der Waals surface area contributed by atoms with Crippen LogP contribution < -0.4 is 5.32 Å². The highest BCUT2D eigenvalue weighted by molar-refractivity contribution is 6.30. The van der Waals surface area contributed by atoms with E-state index < -0.39 is 11.6 Å². The molecule has 6 rings (SSSR count). The van der Waals surface area contributed by atoms with Crippen molar-refractivity contribution in [1.82, 2.24) is 10.2 Å². The first kappa shape index (κ1) is 20.0. The van der Waals surface area contributed by atoms with Gasteiger partial charge in [0.15, 0.2) is 11.5 Å². The van der Waals surface area contributed by atoms with Crippen molar-refractivity contribution in [2.45, 2.75) is 11.6 Å². The number of carbonyl (C=O) groups excluding carboxylic acids is 2. The summed E-state index contributed by atoms with van der Waals surface area (Å²) in [5, 5.41) is 27.0. The molecule has 0 spiro atoms. The van der Waals surface area contributed by atoms with E-state index in [9.17, 15) is 19.8 Å². The van der Waals surface area contributed by atoms with Crippen molar-refractivity contribution < 1.29 is 19.8 Å². The van der Waals surface area contributed by atoms with Gasteiger partial charge in [-0.25, -0.2) is 0 Å². The van der Waals surface area contributed by atoms with Crippen molar-refractivity contribution >= 4 is 29.0 Å². The Kier molecular flexibility index (Phi) is 4.21. The molecular formula is C26H19ClN2O4. The fourth-order valence-corrected chi connectivity index (χ4v) is 5.59. The number of fused-ring (bicyclic) bond motifs is 5. The number of nitrogens with zero attached hydrogens (tertiary/aromatic N) is 1. The van der Waals surface area contributed by atoms with Gasteiger partial charge in [-0.15, -0.1) is 0 Å². The molecule has 3 N–H and O–H groups in total. The molecule has 3 aromatic rings. The smallest absolute Gasteiger partial charge is 0.256 e. The normalized spacial score (nSPS) is 23.3. The van der Waals surface area contributed by atoms with Crippen molar-refractivity contribution in [3.05, 3.63) is 105 Å². The van der Waals surface area contributed by atoms with Crippen LogP contribution in [0.2, 0.25) is 5.02 Å². The van der Waals surface area contributed by atoms with E-state index >= 15 is 0 Å². The molecule has 6 nitrogen and oxygen atoms in total. The largest absolute Gasteiger partial charge is 0.508 e. The third-order valence-electron chi connectivity index (χ3n) is 6.79. The van der Waals surface area contributed by atoms with Crippen molar-refractivity contribution in [2.75, 3.05) is 13.1 Å². The topological polar surface area (TPSA) is 89.9 Å². The van der Waals surface area contributed by atoms with Gasteiger partial charge in [0.25, 0.3) is 5.91 Å². The fourth-order valence-electron chi connectivity index (χ4n) is 5.41. The second kappa shape index (κ2) is 6.94. The predicted molar refractivity (Wildman–Crippen MR) is 123 cm³/mol. The molecule has 0 bridgehead atoms. The van der Waals surface area contributed by atoms with Gasteiger partial charge in [0.1, 0.15) is 5.75 Å². The summed E-state index contributed by atoms with van der Waals surface area (Å²) in [7, 11) is 0. The summed E-state index contributed by atoms with van der Waals surface area (Å²) < 4.78 is 0. The number of rotatable bonds is 1. The van der Waals surface area contributed by atoms with Crippen molar-refractivity contribution in [3.8, 4) is 5.75 Å². The summed E-state index contributed by atoms with van der Waals surface area (Å²) in [5.41, 5.74) is 1.30. The van der Waals surface area contributed by atoms with E-state index in [0.29, 0.717) is 39.5 Å². The minimum absolute atomic E-state index is 0.120.